The SMILES string of the molecule is Fc1ccc(C2=NN3C(C2)c2cc(Br)ccc2OC32CCCCC2)cc1. The van der Waals surface area contributed by atoms with Gasteiger partial charge < -0.3 is 4.74 Å². The zero-order valence-corrected chi connectivity index (χ0v) is 16.0. The number of hydrogen-bond acceptors (Lipinski definition) is 3. The van der Waals surface area contributed by atoms with Crippen molar-refractivity contribution < 1.29 is 9.13 Å². The molecule has 1 spiro atoms. The minimum Gasteiger partial charge on any atom is -0.466 e. The van der Waals surface area contributed by atoms with Gasteiger partial charge in [0.05, 0.1) is 11.8 Å². The molecule has 134 valence electrons. The van der Waals surface area contributed by atoms with Crippen LogP contribution in [0, 0.1) is 5.82 Å². The average molecular weight is 415 g/mol. The van der Waals surface area contributed by atoms with Crippen LogP contribution in [0.3, 0.4) is 0 Å². The number of hydrogen-bond donors (Lipinski definition) is 0. The summed E-state index contributed by atoms with van der Waals surface area (Å²) in [6, 6.07) is 13.1. The van der Waals surface area contributed by atoms with E-state index in [9.17, 15) is 4.39 Å². The molecule has 0 amide bonds. The van der Waals surface area contributed by atoms with Gasteiger partial charge in [-0.05, 0) is 48.7 Å². The summed E-state index contributed by atoms with van der Waals surface area (Å²) in [6.07, 6.45) is 6.40. The van der Waals surface area contributed by atoms with Crippen LogP contribution in [0.4, 0.5) is 4.39 Å². The molecule has 2 heterocycles. The van der Waals surface area contributed by atoms with Gasteiger partial charge in [0.15, 0.2) is 5.72 Å². The van der Waals surface area contributed by atoms with E-state index in [1.54, 1.807) is 0 Å². The summed E-state index contributed by atoms with van der Waals surface area (Å²) in [5, 5.41) is 7.21. The Balaban J connectivity index is 1.60. The smallest absolute Gasteiger partial charge is 0.198 e. The van der Waals surface area contributed by atoms with Crippen molar-refractivity contribution in [1.82, 2.24) is 5.01 Å². The summed E-state index contributed by atoms with van der Waals surface area (Å²) in [7, 11) is 0. The molecule has 1 saturated carbocycles. The van der Waals surface area contributed by atoms with Crippen molar-refractivity contribution in [1.29, 1.82) is 0 Å². The highest BCUT2D eigenvalue weighted by Gasteiger charge is 2.50. The number of ether oxygens (including phenoxy) is 1. The van der Waals surface area contributed by atoms with Gasteiger partial charge >= 0.3 is 0 Å². The van der Waals surface area contributed by atoms with Gasteiger partial charge in [-0.1, -0.05) is 34.5 Å². The normalized spacial score (nSPS) is 23.2. The van der Waals surface area contributed by atoms with Crippen molar-refractivity contribution in [3.8, 4) is 5.75 Å². The van der Waals surface area contributed by atoms with Crippen molar-refractivity contribution in [3.63, 3.8) is 0 Å². The van der Waals surface area contributed by atoms with E-state index in [2.05, 4.69) is 33.1 Å². The number of halogens is 2. The molecule has 5 heteroatoms. The van der Waals surface area contributed by atoms with Crippen molar-refractivity contribution in [2.75, 3.05) is 0 Å². The molecule has 3 nitrogen and oxygen atoms in total. The van der Waals surface area contributed by atoms with E-state index < -0.39 is 0 Å². The van der Waals surface area contributed by atoms with Crippen LogP contribution in [0.2, 0.25) is 0 Å². The minimum atomic E-state index is -0.342. The molecule has 0 N–H and O–H groups in total. The Hall–Kier alpha value is -1.88. The monoisotopic (exact) mass is 414 g/mol. The molecule has 0 bridgehead atoms. The Kier molecular flexibility index (Phi) is 3.82. The van der Waals surface area contributed by atoms with Gasteiger partial charge in [0.2, 0.25) is 0 Å². The lowest BCUT2D eigenvalue weighted by atomic mass is 9.86. The highest BCUT2D eigenvalue weighted by Crippen LogP contribution is 2.51. The van der Waals surface area contributed by atoms with Gasteiger partial charge in [0.1, 0.15) is 11.6 Å². The van der Waals surface area contributed by atoms with Crippen LogP contribution < -0.4 is 4.74 Å². The fraction of sp³-hybridized carbons (Fsp3) is 0.381. The predicted octanol–water partition coefficient (Wildman–Crippen LogP) is 5.79. The minimum absolute atomic E-state index is 0.175. The Bertz CT molecular complexity index is 874. The summed E-state index contributed by atoms with van der Waals surface area (Å²) in [4.78, 5) is 0. The fourth-order valence-electron chi connectivity index (χ4n) is 4.50. The van der Waals surface area contributed by atoms with Crippen LogP contribution in [0.25, 0.3) is 0 Å². The third kappa shape index (κ3) is 2.56. The van der Waals surface area contributed by atoms with E-state index in [1.165, 1.54) is 24.1 Å². The molecule has 2 aliphatic heterocycles. The van der Waals surface area contributed by atoms with Crippen LogP contribution in [0.1, 0.15) is 55.7 Å². The molecule has 0 saturated heterocycles. The maximum atomic E-state index is 13.3. The van der Waals surface area contributed by atoms with Crippen molar-refractivity contribution in [2.45, 2.75) is 50.3 Å². The van der Waals surface area contributed by atoms with Gasteiger partial charge in [0, 0.05) is 29.3 Å². The Labute approximate surface area is 161 Å². The third-order valence-electron chi connectivity index (χ3n) is 5.77. The van der Waals surface area contributed by atoms with Crippen molar-refractivity contribution in [3.05, 3.63) is 63.9 Å². The lowest BCUT2D eigenvalue weighted by molar-refractivity contribution is -0.140. The lowest BCUT2D eigenvalue weighted by Crippen LogP contribution is -2.54. The van der Waals surface area contributed by atoms with Crippen LogP contribution in [-0.2, 0) is 0 Å². The average Bonchev–Trinajstić information content (AvgIpc) is 3.11. The first-order valence-corrected chi connectivity index (χ1v) is 10.1. The topological polar surface area (TPSA) is 24.8 Å². The molecule has 0 radical (unpaired) electrons. The molecule has 1 unspecified atom stereocenters. The number of benzene rings is 2. The summed E-state index contributed by atoms with van der Waals surface area (Å²) in [5.74, 6) is 0.762. The molecule has 1 atom stereocenters. The second-order valence-electron chi connectivity index (χ2n) is 7.41. The van der Waals surface area contributed by atoms with Gasteiger partial charge in [0.25, 0.3) is 0 Å². The second kappa shape index (κ2) is 6.08. The standard InChI is InChI=1S/C21H20BrFN2O/c22-15-6-9-20-17(12-15)19-13-18(14-4-7-16(23)8-5-14)24-25(19)21(26-20)10-2-1-3-11-21/h4-9,12,19H,1-3,10-11,13H2. The van der Waals surface area contributed by atoms with Crippen LogP contribution in [-0.4, -0.2) is 16.4 Å². The fourth-order valence-corrected chi connectivity index (χ4v) is 4.88. The molecular formula is C21H20BrFN2O. The Morgan fingerprint density at radius 1 is 1.08 bits per heavy atom. The van der Waals surface area contributed by atoms with Gasteiger partial charge in [-0.25, -0.2) is 9.40 Å². The van der Waals surface area contributed by atoms with Gasteiger partial charge in [-0.2, -0.15) is 5.10 Å². The first kappa shape index (κ1) is 16.3. The highest BCUT2D eigenvalue weighted by molar-refractivity contribution is 9.10. The molecule has 1 fully saturated rings. The van der Waals surface area contributed by atoms with E-state index in [0.29, 0.717) is 0 Å². The van der Waals surface area contributed by atoms with E-state index in [4.69, 9.17) is 9.84 Å². The Morgan fingerprint density at radius 3 is 2.62 bits per heavy atom. The predicted molar refractivity (Wildman–Crippen MR) is 103 cm³/mol. The number of rotatable bonds is 1. The zero-order chi connectivity index (χ0) is 17.7. The molecule has 2 aromatic rings. The number of fused-ring (bicyclic) bond motifs is 4. The van der Waals surface area contributed by atoms with Crippen LogP contribution in [0.5, 0.6) is 5.75 Å². The molecule has 3 aliphatic rings. The molecular weight excluding hydrogens is 395 g/mol. The van der Waals surface area contributed by atoms with Crippen molar-refractivity contribution in [2.24, 2.45) is 5.10 Å². The molecule has 0 aromatic heterocycles. The third-order valence-corrected chi connectivity index (χ3v) is 6.26. The number of nitrogens with zero attached hydrogens (tertiary/aromatic N) is 2. The number of hydrazone groups is 1. The second-order valence-corrected chi connectivity index (χ2v) is 8.32. The molecule has 1 aliphatic carbocycles. The maximum absolute atomic E-state index is 13.3. The van der Waals surface area contributed by atoms with Gasteiger partial charge in [-0.3, -0.25) is 0 Å². The van der Waals surface area contributed by atoms with Gasteiger partial charge in [-0.15, -0.1) is 0 Å². The van der Waals surface area contributed by atoms with E-state index >= 15 is 0 Å². The first-order chi connectivity index (χ1) is 12.6. The van der Waals surface area contributed by atoms with E-state index in [0.717, 1.165) is 53.6 Å². The highest BCUT2D eigenvalue weighted by atomic mass is 79.9. The largest absolute Gasteiger partial charge is 0.466 e. The first-order valence-electron chi connectivity index (χ1n) is 9.26. The molecule has 2 aromatic carbocycles. The Morgan fingerprint density at radius 2 is 1.85 bits per heavy atom. The summed E-state index contributed by atoms with van der Waals surface area (Å²) < 4.78 is 20.9. The lowest BCUT2D eigenvalue weighted by Gasteiger charge is -2.49. The molecule has 26 heavy (non-hydrogen) atoms. The maximum Gasteiger partial charge on any atom is 0.198 e. The quantitative estimate of drug-likeness (QED) is 0.589. The summed E-state index contributed by atoms with van der Waals surface area (Å²) in [6.45, 7) is 0. The van der Waals surface area contributed by atoms with Crippen LogP contribution in [0.15, 0.2) is 52.0 Å². The zero-order valence-electron chi connectivity index (χ0n) is 14.4. The van der Waals surface area contributed by atoms with E-state index in [-0.39, 0.29) is 17.6 Å². The van der Waals surface area contributed by atoms with Crippen LogP contribution >= 0.6 is 15.9 Å². The summed E-state index contributed by atoms with van der Waals surface area (Å²) in [5.41, 5.74) is 2.84. The van der Waals surface area contributed by atoms with Crippen molar-refractivity contribution >= 4 is 21.6 Å². The summed E-state index contributed by atoms with van der Waals surface area (Å²) >= 11 is 3.59. The van der Waals surface area contributed by atoms with E-state index in [1.807, 2.05) is 18.2 Å². The molecule has 5 rings (SSSR count).